The summed E-state index contributed by atoms with van der Waals surface area (Å²) in [5.74, 6) is 0.746. The lowest BCUT2D eigenvalue weighted by molar-refractivity contribution is -0.137. The van der Waals surface area contributed by atoms with Crippen LogP contribution < -0.4 is 9.47 Å². The van der Waals surface area contributed by atoms with Crippen molar-refractivity contribution in [1.82, 2.24) is 0 Å². The predicted molar refractivity (Wildman–Crippen MR) is 133 cm³/mol. The van der Waals surface area contributed by atoms with E-state index >= 15 is 0 Å². The number of thiophene rings is 1. The van der Waals surface area contributed by atoms with Gasteiger partial charge in [0.1, 0.15) is 23.9 Å². The summed E-state index contributed by atoms with van der Waals surface area (Å²) in [6, 6.07) is 14.6. The zero-order valence-electron chi connectivity index (χ0n) is 20.1. The van der Waals surface area contributed by atoms with Gasteiger partial charge in [-0.05, 0) is 77.6 Å². The van der Waals surface area contributed by atoms with Crippen LogP contribution in [-0.2, 0) is 16.8 Å². The quantitative estimate of drug-likeness (QED) is 0.345. The molecule has 1 heterocycles. The average molecular weight is 483 g/mol. The molecule has 0 spiro atoms. The predicted octanol–water partition coefficient (Wildman–Crippen LogP) is 7.41. The SMILES string of the molecule is COc1ccc(F)c(-c2cc(COc3cccc(C(CC(=O)O)C4CC4)c3)sc2C(C)(C)C)c1. The van der Waals surface area contributed by atoms with Gasteiger partial charge in [-0.1, -0.05) is 32.9 Å². The number of benzene rings is 2. The second-order valence-corrected chi connectivity index (χ2v) is 11.1. The third-order valence-corrected chi connectivity index (χ3v) is 7.72. The highest BCUT2D eigenvalue weighted by atomic mass is 32.1. The van der Waals surface area contributed by atoms with Crippen molar-refractivity contribution in [3.8, 4) is 22.6 Å². The molecule has 180 valence electrons. The van der Waals surface area contributed by atoms with Crippen molar-refractivity contribution in [3.63, 3.8) is 0 Å². The van der Waals surface area contributed by atoms with E-state index in [9.17, 15) is 14.3 Å². The number of aliphatic carboxylic acids is 1. The molecule has 1 aromatic heterocycles. The van der Waals surface area contributed by atoms with Crippen molar-refractivity contribution in [1.29, 1.82) is 0 Å². The molecule has 4 nitrogen and oxygen atoms in total. The first-order chi connectivity index (χ1) is 16.2. The van der Waals surface area contributed by atoms with Crippen LogP contribution >= 0.6 is 11.3 Å². The van der Waals surface area contributed by atoms with Crippen molar-refractivity contribution < 1.29 is 23.8 Å². The van der Waals surface area contributed by atoms with Gasteiger partial charge in [0.2, 0.25) is 0 Å². The van der Waals surface area contributed by atoms with E-state index in [1.807, 2.05) is 30.3 Å². The maximum atomic E-state index is 14.8. The Hall–Kier alpha value is -2.86. The molecule has 3 aromatic rings. The van der Waals surface area contributed by atoms with E-state index in [1.54, 1.807) is 30.6 Å². The van der Waals surface area contributed by atoms with E-state index in [-0.39, 0.29) is 23.6 Å². The minimum atomic E-state index is -0.770. The summed E-state index contributed by atoms with van der Waals surface area (Å²) in [6.45, 7) is 6.72. The molecule has 6 heteroatoms. The van der Waals surface area contributed by atoms with Crippen molar-refractivity contribution in [2.24, 2.45) is 5.92 Å². The molecule has 1 fully saturated rings. The van der Waals surface area contributed by atoms with Crippen LogP contribution in [0.5, 0.6) is 11.5 Å². The Kier molecular flexibility index (Phi) is 6.99. The van der Waals surface area contributed by atoms with Crippen molar-refractivity contribution in [2.75, 3.05) is 7.11 Å². The molecular formula is C28H31FO4S. The van der Waals surface area contributed by atoms with Crippen LogP contribution in [0.1, 0.15) is 61.3 Å². The van der Waals surface area contributed by atoms with Crippen LogP contribution in [0.25, 0.3) is 11.1 Å². The second-order valence-electron chi connectivity index (χ2n) is 9.95. The maximum absolute atomic E-state index is 14.8. The Balaban J connectivity index is 1.58. The van der Waals surface area contributed by atoms with Crippen LogP contribution in [-0.4, -0.2) is 18.2 Å². The highest BCUT2D eigenvalue weighted by molar-refractivity contribution is 7.12. The van der Waals surface area contributed by atoms with Crippen LogP contribution in [0, 0.1) is 11.7 Å². The second kappa shape index (κ2) is 9.79. The molecule has 1 unspecified atom stereocenters. The molecule has 0 saturated heterocycles. The zero-order valence-corrected chi connectivity index (χ0v) is 20.9. The van der Waals surface area contributed by atoms with Crippen molar-refractivity contribution in [3.05, 3.63) is 69.7 Å². The first kappa shape index (κ1) is 24.3. The van der Waals surface area contributed by atoms with Crippen LogP contribution in [0.2, 0.25) is 0 Å². The normalized spacial score (nSPS) is 14.6. The molecule has 1 aliphatic carbocycles. The fourth-order valence-electron chi connectivity index (χ4n) is 4.34. The van der Waals surface area contributed by atoms with Gasteiger partial charge in [-0.25, -0.2) is 4.39 Å². The standard InChI is InChI=1S/C28H31FO4S/c1-28(2,3)27-24(23-13-19(32-4)10-11-25(23)29)14-21(34-27)16-33-20-7-5-6-18(12-20)22(15-26(30)31)17-8-9-17/h5-7,10-14,17,22H,8-9,15-16H2,1-4H3,(H,30,31). The number of hydrogen-bond donors (Lipinski definition) is 1. The Morgan fingerprint density at radius 3 is 2.53 bits per heavy atom. The highest BCUT2D eigenvalue weighted by Crippen LogP contribution is 2.45. The number of methoxy groups -OCH3 is 1. The number of carboxylic acid groups (broad SMARTS) is 1. The molecular weight excluding hydrogens is 451 g/mol. The van der Waals surface area contributed by atoms with Crippen LogP contribution in [0.4, 0.5) is 4.39 Å². The van der Waals surface area contributed by atoms with Gasteiger partial charge < -0.3 is 14.6 Å². The minimum Gasteiger partial charge on any atom is -0.497 e. The van der Waals surface area contributed by atoms with Crippen LogP contribution in [0.3, 0.4) is 0 Å². The third kappa shape index (κ3) is 5.61. The van der Waals surface area contributed by atoms with Crippen LogP contribution in [0.15, 0.2) is 48.5 Å². The molecule has 0 amide bonds. The topological polar surface area (TPSA) is 55.8 Å². The van der Waals surface area contributed by atoms with Crippen molar-refractivity contribution >= 4 is 17.3 Å². The molecule has 1 saturated carbocycles. The Morgan fingerprint density at radius 1 is 1.12 bits per heavy atom. The van der Waals surface area contributed by atoms with Gasteiger partial charge in [0.15, 0.2) is 0 Å². The van der Waals surface area contributed by atoms with Crippen molar-refractivity contribution in [2.45, 2.75) is 58.0 Å². The number of carboxylic acids is 1. The molecule has 0 radical (unpaired) electrons. The number of halogens is 1. The summed E-state index contributed by atoms with van der Waals surface area (Å²) in [5.41, 5.74) is 2.23. The van der Waals surface area contributed by atoms with Gasteiger partial charge in [-0.15, -0.1) is 11.3 Å². The van der Waals surface area contributed by atoms with E-state index in [0.29, 0.717) is 29.6 Å². The molecule has 1 N–H and O–H groups in total. The molecule has 0 aliphatic heterocycles. The van der Waals surface area contributed by atoms with Gasteiger partial charge in [0.05, 0.1) is 13.5 Å². The third-order valence-electron chi connectivity index (χ3n) is 6.18. The smallest absolute Gasteiger partial charge is 0.303 e. The fourth-order valence-corrected chi connectivity index (χ4v) is 5.48. The lowest BCUT2D eigenvalue weighted by Gasteiger charge is -2.19. The van der Waals surface area contributed by atoms with E-state index in [0.717, 1.165) is 33.7 Å². The lowest BCUT2D eigenvalue weighted by atomic mass is 9.89. The summed E-state index contributed by atoms with van der Waals surface area (Å²) in [4.78, 5) is 13.4. The van der Waals surface area contributed by atoms with Gasteiger partial charge in [-0.3, -0.25) is 4.79 Å². The number of ether oxygens (including phenoxy) is 2. The summed E-state index contributed by atoms with van der Waals surface area (Å²) in [6.07, 6.45) is 2.30. The van der Waals surface area contributed by atoms with E-state index in [4.69, 9.17) is 9.47 Å². The average Bonchev–Trinajstić information content (AvgIpc) is 3.54. The van der Waals surface area contributed by atoms with Gasteiger partial charge in [0.25, 0.3) is 0 Å². The maximum Gasteiger partial charge on any atom is 0.303 e. The molecule has 2 aromatic carbocycles. The lowest BCUT2D eigenvalue weighted by Crippen LogP contribution is -2.10. The Labute approximate surface area is 204 Å². The minimum absolute atomic E-state index is 0.0259. The van der Waals surface area contributed by atoms with E-state index < -0.39 is 5.97 Å². The molecule has 1 atom stereocenters. The number of rotatable bonds is 9. The first-order valence-corrected chi connectivity index (χ1v) is 12.4. The van der Waals surface area contributed by atoms with Gasteiger partial charge in [-0.2, -0.15) is 0 Å². The largest absolute Gasteiger partial charge is 0.497 e. The summed E-state index contributed by atoms with van der Waals surface area (Å²) in [7, 11) is 1.58. The van der Waals surface area contributed by atoms with Gasteiger partial charge >= 0.3 is 5.97 Å². The highest BCUT2D eigenvalue weighted by Gasteiger charge is 2.34. The van der Waals surface area contributed by atoms with E-state index in [1.165, 1.54) is 6.07 Å². The van der Waals surface area contributed by atoms with E-state index in [2.05, 4.69) is 20.8 Å². The fraction of sp³-hybridized carbons (Fsp3) is 0.393. The Morgan fingerprint density at radius 2 is 1.88 bits per heavy atom. The zero-order chi connectivity index (χ0) is 24.5. The number of carbonyl (C=O) groups is 1. The summed E-state index contributed by atoms with van der Waals surface area (Å²) in [5, 5.41) is 9.32. The van der Waals surface area contributed by atoms with Gasteiger partial charge in [0, 0.05) is 15.3 Å². The monoisotopic (exact) mass is 482 g/mol. The molecule has 4 rings (SSSR count). The molecule has 1 aliphatic rings. The molecule has 34 heavy (non-hydrogen) atoms. The molecule has 0 bridgehead atoms. The summed E-state index contributed by atoms with van der Waals surface area (Å²) >= 11 is 1.63. The number of hydrogen-bond acceptors (Lipinski definition) is 4. The first-order valence-electron chi connectivity index (χ1n) is 11.6. The summed E-state index contributed by atoms with van der Waals surface area (Å²) < 4.78 is 26.2. The Bertz CT molecular complexity index is 1170.